The van der Waals surface area contributed by atoms with Crippen LogP contribution in [0, 0.1) is 0 Å². The first-order valence-corrected chi connectivity index (χ1v) is 7.72. The zero-order valence-corrected chi connectivity index (χ0v) is 12.7. The molecule has 0 heterocycles. The molecule has 2 heteroatoms. The maximum atomic E-state index is 5.97. The molecule has 112 valence electrons. The lowest BCUT2D eigenvalue weighted by Crippen LogP contribution is -2.13. The van der Waals surface area contributed by atoms with Gasteiger partial charge in [0.2, 0.25) is 0 Å². The van der Waals surface area contributed by atoms with Gasteiger partial charge in [-0.3, -0.25) is 0 Å². The van der Waals surface area contributed by atoms with Crippen molar-refractivity contribution in [2.45, 2.75) is 38.9 Å². The topological polar surface area (TPSA) is 18.5 Å². The third kappa shape index (κ3) is 6.01. The van der Waals surface area contributed by atoms with Crippen LogP contribution >= 0.6 is 0 Å². The summed E-state index contributed by atoms with van der Waals surface area (Å²) in [5.74, 6) is 0.941. The first kappa shape index (κ1) is 15.6. The number of para-hydroxylation sites is 1. The van der Waals surface area contributed by atoms with E-state index in [4.69, 9.17) is 9.47 Å². The molecule has 2 nitrogen and oxygen atoms in total. The molecule has 0 aromatic heterocycles. The number of ether oxygens (including phenoxy) is 2. The minimum absolute atomic E-state index is 0.310. The fourth-order valence-electron chi connectivity index (χ4n) is 2.21. The molecule has 2 aromatic rings. The van der Waals surface area contributed by atoms with Crippen molar-refractivity contribution in [2.24, 2.45) is 0 Å². The molecule has 0 bridgehead atoms. The van der Waals surface area contributed by atoms with Crippen LogP contribution in [-0.4, -0.2) is 12.7 Å². The van der Waals surface area contributed by atoms with Crippen LogP contribution in [-0.2, 0) is 11.3 Å². The van der Waals surface area contributed by atoms with E-state index in [-0.39, 0.29) is 0 Å². The third-order valence-corrected chi connectivity index (χ3v) is 3.47. The second-order valence-corrected chi connectivity index (χ2v) is 5.13. The Bertz CT molecular complexity index is 481. The van der Waals surface area contributed by atoms with Crippen molar-refractivity contribution in [3.05, 3.63) is 66.2 Å². The minimum Gasteiger partial charge on any atom is -0.494 e. The van der Waals surface area contributed by atoms with E-state index < -0.39 is 0 Å². The highest BCUT2D eigenvalue weighted by molar-refractivity contribution is 5.20. The lowest BCUT2D eigenvalue weighted by Gasteiger charge is -2.16. The lowest BCUT2D eigenvalue weighted by molar-refractivity contribution is 0.0291. The van der Waals surface area contributed by atoms with Gasteiger partial charge in [0.25, 0.3) is 0 Å². The lowest BCUT2D eigenvalue weighted by atomic mass is 10.1. The van der Waals surface area contributed by atoms with Crippen molar-refractivity contribution in [1.29, 1.82) is 0 Å². The molecule has 0 N–H and O–H groups in total. The molecule has 0 saturated heterocycles. The number of rotatable bonds is 9. The van der Waals surface area contributed by atoms with E-state index in [9.17, 15) is 0 Å². The van der Waals surface area contributed by atoms with E-state index in [1.54, 1.807) is 0 Å². The van der Waals surface area contributed by atoms with Crippen molar-refractivity contribution in [1.82, 2.24) is 0 Å². The first-order chi connectivity index (χ1) is 10.4. The Hall–Kier alpha value is -1.80. The van der Waals surface area contributed by atoms with Crippen molar-refractivity contribution < 1.29 is 9.47 Å². The van der Waals surface area contributed by atoms with Gasteiger partial charge in [0, 0.05) is 0 Å². The van der Waals surface area contributed by atoms with Gasteiger partial charge in [0.1, 0.15) is 5.75 Å². The molecule has 0 aliphatic carbocycles. The average Bonchev–Trinajstić information content (AvgIpc) is 2.56. The van der Waals surface area contributed by atoms with Gasteiger partial charge >= 0.3 is 0 Å². The summed E-state index contributed by atoms with van der Waals surface area (Å²) in [5, 5.41) is 0. The maximum absolute atomic E-state index is 5.97. The Morgan fingerprint density at radius 2 is 1.57 bits per heavy atom. The number of benzene rings is 2. The Labute approximate surface area is 127 Å². The van der Waals surface area contributed by atoms with Crippen LogP contribution in [0.15, 0.2) is 60.7 Å². The fourth-order valence-corrected chi connectivity index (χ4v) is 2.21. The molecular formula is C19H24O2. The first-order valence-electron chi connectivity index (χ1n) is 7.72. The van der Waals surface area contributed by atoms with E-state index in [1.807, 2.05) is 48.5 Å². The van der Waals surface area contributed by atoms with Gasteiger partial charge in [-0.2, -0.15) is 0 Å². The van der Waals surface area contributed by atoms with Crippen LogP contribution in [0.5, 0.6) is 5.75 Å². The van der Waals surface area contributed by atoms with Gasteiger partial charge in [-0.1, -0.05) is 55.5 Å². The molecule has 0 aliphatic heterocycles. The predicted molar refractivity (Wildman–Crippen MR) is 86.5 cm³/mol. The van der Waals surface area contributed by atoms with Gasteiger partial charge in [-0.15, -0.1) is 0 Å². The summed E-state index contributed by atoms with van der Waals surface area (Å²) in [7, 11) is 0. The smallest absolute Gasteiger partial charge is 0.119 e. The number of hydrogen-bond donors (Lipinski definition) is 0. The Kier molecular flexibility index (Phi) is 6.82. The molecule has 0 amide bonds. The molecule has 0 saturated carbocycles. The highest BCUT2D eigenvalue weighted by Crippen LogP contribution is 2.13. The average molecular weight is 284 g/mol. The van der Waals surface area contributed by atoms with E-state index in [2.05, 4.69) is 19.1 Å². The largest absolute Gasteiger partial charge is 0.494 e. The zero-order valence-electron chi connectivity index (χ0n) is 12.7. The summed E-state index contributed by atoms with van der Waals surface area (Å²) < 4.78 is 11.7. The second-order valence-electron chi connectivity index (χ2n) is 5.13. The van der Waals surface area contributed by atoms with Crippen LogP contribution in [0.25, 0.3) is 0 Å². The predicted octanol–water partition coefficient (Wildman–Crippen LogP) is 4.84. The van der Waals surface area contributed by atoms with E-state index in [0.717, 1.165) is 31.6 Å². The summed E-state index contributed by atoms with van der Waals surface area (Å²) in [6.07, 6.45) is 3.40. The minimum atomic E-state index is 0.310. The summed E-state index contributed by atoms with van der Waals surface area (Å²) in [6, 6.07) is 20.3. The molecule has 2 aromatic carbocycles. The molecule has 0 fully saturated rings. The molecular weight excluding hydrogens is 260 g/mol. The van der Waals surface area contributed by atoms with Crippen LogP contribution in [0.3, 0.4) is 0 Å². The molecule has 1 unspecified atom stereocenters. The van der Waals surface area contributed by atoms with Crippen molar-refractivity contribution in [3.8, 4) is 5.75 Å². The Morgan fingerprint density at radius 3 is 2.24 bits per heavy atom. The Balaban J connectivity index is 1.63. The zero-order chi connectivity index (χ0) is 14.8. The van der Waals surface area contributed by atoms with Crippen LogP contribution in [0.1, 0.15) is 31.7 Å². The van der Waals surface area contributed by atoms with Gasteiger partial charge < -0.3 is 9.47 Å². The standard InChI is InChI=1S/C19H24O2/c1-2-18(21-16-17-10-5-3-6-11-17)14-9-15-20-19-12-7-4-8-13-19/h3-8,10-13,18H,2,9,14-16H2,1H3. The third-order valence-electron chi connectivity index (χ3n) is 3.47. The molecule has 1 atom stereocenters. The second kappa shape index (κ2) is 9.19. The quantitative estimate of drug-likeness (QED) is 0.613. The van der Waals surface area contributed by atoms with Gasteiger partial charge in [0.15, 0.2) is 0 Å². The Morgan fingerprint density at radius 1 is 0.905 bits per heavy atom. The molecule has 2 rings (SSSR count). The molecule has 21 heavy (non-hydrogen) atoms. The monoisotopic (exact) mass is 284 g/mol. The van der Waals surface area contributed by atoms with Crippen LogP contribution in [0.2, 0.25) is 0 Å². The summed E-state index contributed by atoms with van der Waals surface area (Å²) in [5.41, 5.74) is 1.23. The van der Waals surface area contributed by atoms with Crippen molar-refractivity contribution in [3.63, 3.8) is 0 Å². The number of hydrogen-bond acceptors (Lipinski definition) is 2. The maximum Gasteiger partial charge on any atom is 0.119 e. The van der Waals surface area contributed by atoms with Gasteiger partial charge in [-0.05, 0) is 37.0 Å². The van der Waals surface area contributed by atoms with Crippen LogP contribution in [0.4, 0.5) is 0 Å². The van der Waals surface area contributed by atoms with E-state index in [0.29, 0.717) is 12.7 Å². The summed E-state index contributed by atoms with van der Waals surface area (Å²) in [4.78, 5) is 0. The SMILES string of the molecule is CCC(CCCOc1ccccc1)OCc1ccccc1. The van der Waals surface area contributed by atoms with Crippen molar-refractivity contribution in [2.75, 3.05) is 6.61 Å². The molecule has 0 radical (unpaired) electrons. The normalized spacial score (nSPS) is 12.0. The molecule has 0 spiro atoms. The highest BCUT2D eigenvalue weighted by atomic mass is 16.5. The van der Waals surface area contributed by atoms with Crippen molar-refractivity contribution >= 4 is 0 Å². The van der Waals surface area contributed by atoms with Gasteiger partial charge in [0.05, 0.1) is 19.3 Å². The highest BCUT2D eigenvalue weighted by Gasteiger charge is 2.07. The van der Waals surface area contributed by atoms with Gasteiger partial charge in [-0.25, -0.2) is 0 Å². The van der Waals surface area contributed by atoms with E-state index >= 15 is 0 Å². The van der Waals surface area contributed by atoms with Crippen LogP contribution < -0.4 is 4.74 Å². The summed E-state index contributed by atoms with van der Waals surface area (Å²) in [6.45, 7) is 3.61. The summed E-state index contributed by atoms with van der Waals surface area (Å²) >= 11 is 0. The molecule has 0 aliphatic rings. The van der Waals surface area contributed by atoms with E-state index in [1.165, 1.54) is 5.56 Å². The fraction of sp³-hybridized carbons (Fsp3) is 0.368.